The van der Waals surface area contributed by atoms with Crippen molar-refractivity contribution in [2.45, 2.75) is 32.7 Å². The normalized spacial score (nSPS) is 21.6. The van der Waals surface area contributed by atoms with Gasteiger partial charge in [0.25, 0.3) is 0 Å². The number of nitriles is 1. The molecule has 3 aliphatic rings. The molecule has 0 saturated heterocycles. The SMILES string of the molecule is CC1=CC(c2cc(F)ccc2C#N)=NC2=CCN([C@@H](C)C3CC3)N12. The Bertz CT molecular complexity index is 826. The fraction of sp³-hybridized carbons (Fsp3) is 0.368. The van der Waals surface area contributed by atoms with Crippen molar-refractivity contribution in [3.63, 3.8) is 0 Å². The molecule has 0 N–H and O–H groups in total. The molecular formula is C19H19FN4. The quantitative estimate of drug-likeness (QED) is 0.854. The van der Waals surface area contributed by atoms with Crippen molar-refractivity contribution in [2.75, 3.05) is 6.54 Å². The Morgan fingerprint density at radius 1 is 1.38 bits per heavy atom. The molecule has 5 heteroatoms. The zero-order valence-corrected chi connectivity index (χ0v) is 13.8. The maximum atomic E-state index is 13.6. The molecule has 1 aliphatic carbocycles. The van der Waals surface area contributed by atoms with Gasteiger partial charge in [-0.1, -0.05) is 0 Å². The highest BCUT2D eigenvalue weighted by Gasteiger charge is 2.38. The summed E-state index contributed by atoms with van der Waals surface area (Å²) in [5.41, 5.74) is 2.68. The van der Waals surface area contributed by atoms with Gasteiger partial charge in [-0.15, -0.1) is 0 Å². The van der Waals surface area contributed by atoms with Gasteiger partial charge in [0.05, 0.1) is 17.3 Å². The maximum Gasteiger partial charge on any atom is 0.145 e. The minimum absolute atomic E-state index is 0.357. The minimum Gasteiger partial charge on any atom is -0.261 e. The lowest BCUT2D eigenvalue weighted by atomic mass is 10.0. The van der Waals surface area contributed by atoms with Crippen LogP contribution in [0.4, 0.5) is 4.39 Å². The summed E-state index contributed by atoms with van der Waals surface area (Å²) in [5, 5.41) is 13.8. The predicted molar refractivity (Wildman–Crippen MR) is 90.2 cm³/mol. The molecule has 0 amide bonds. The molecule has 4 rings (SSSR count). The van der Waals surface area contributed by atoms with E-state index >= 15 is 0 Å². The third-order valence-corrected chi connectivity index (χ3v) is 5.00. The molecule has 0 aromatic heterocycles. The molecule has 1 fully saturated rings. The van der Waals surface area contributed by atoms with Crippen LogP contribution in [0, 0.1) is 23.1 Å². The molecule has 0 spiro atoms. The Morgan fingerprint density at radius 2 is 2.17 bits per heavy atom. The summed E-state index contributed by atoms with van der Waals surface area (Å²) < 4.78 is 13.6. The van der Waals surface area contributed by atoms with E-state index in [-0.39, 0.29) is 5.82 Å². The number of allylic oxidation sites excluding steroid dienone is 2. The van der Waals surface area contributed by atoms with Crippen LogP contribution in [-0.2, 0) is 0 Å². The topological polar surface area (TPSA) is 42.6 Å². The number of fused-ring (bicyclic) bond motifs is 1. The molecule has 1 atom stereocenters. The molecule has 0 radical (unpaired) electrons. The van der Waals surface area contributed by atoms with E-state index in [2.05, 4.69) is 29.1 Å². The molecule has 1 saturated carbocycles. The Morgan fingerprint density at radius 3 is 2.88 bits per heavy atom. The number of nitrogens with zero attached hydrogens (tertiary/aromatic N) is 4. The van der Waals surface area contributed by atoms with Gasteiger partial charge in [-0.3, -0.25) is 5.01 Å². The average molecular weight is 322 g/mol. The lowest BCUT2D eigenvalue weighted by Gasteiger charge is -2.37. The van der Waals surface area contributed by atoms with Gasteiger partial charge in [0, 0.05) is 23.8 Å². The number of hydrazine groups is 1. The summed E-state index contributed by atoms with van der Waals surface area (Å²) in [6.07, 6.45) is 6.63. The summed E-state index contributed by atoms with van der Waals surface area (Å²) in [4.78, 5) is 4.69. The summed E-state index contributed by atoms with van der Waals surface area (Å²) in [7, 11) is 0. The molecule has 2 heterocycles. The fourth-order valence-corrected chi connectivity index (χ4v) is 3.50. The van der Waals surface area contributed by atoms with Crippen molar-refractivity contribution in [3.05, 3.63) is 58.8 Å². The highest BCUT2D eigenvalue weighted by molar-refractivity contribution is 6.11. The van der Waals surface area contributed by atoms with Gasteiger partial charge in [-0.25, -0.2) is 14.4 Å². The molecular weight excluding hydrogens is 303 g/mol. The smallest absolute Gasteiger partial charge is 0.145 e. The lowest BCUT2D eigenvalue weighted by molar-refractivity contribution is 0.0236. The largest absolute Gasteiger partial charge is 0.261 e. The summed E-state index contributed by atoms with van der Waals surface area (Å²) >= 11 is 0. The lowest BCUT2D eigenvalue weighted by Crippen LogP contribution is -2.44. The highest BCUT2D eigenvalue weighted by atomic mass is 19.1. The van der Waals surface area contributed by atoms with Crippen LogP contribution in [0.2, 0.25) is 0 Å². The van der Waals surface area contributed by atoms with E-state index in [1.165, 1.54) is 31.0 Å². The van der Waals surface area contributed by atoms with Crippen LogP contribution in [0.15, 0.2) is 46.9 Å². The van der Waals surface area contributed by atoms with Crippen LogP contribution >= 0.6 is 0 Å². The molecule has 1 aromatic rings. The number of halogens is 1. The molecule has 1 aromatic carbocycles. The van der Waals surface area contributed by atoms with Crippen molar-refractivity contribution in [3.8, 4) is 6.07 Å². The minimum atomic E-state index is -0.357. The zero-order valence-electron chi connectivity index (χ0n) is 13.8. The van der Waals surface area contributed by atoms with Gasteiger partial charge in [0.2, 0.25) is 0 Å². The van der Waals surface area contributed by atoms with E-state index in [1.807, 2.05) is 13.0 Å². The number of hydrogen-bond acceptors (Lipinski definition) is 4. The van der Waals surface area contributed by atoms with Gasteiger partial charge in [0.1, 0.15) is 11.6 Å². The van der Waals surface area contributed by atoms with E-state index in [0.29, 0.717) is 22.9 Å². The summed E-state index contributed by atoms with van der Waals surface area (Å²) in [6.45, 7) is 5.14. The van der Waals surface area contributed by atoms with Crippen LogP contribution in [0.25, 0.3) is 0 Å². The van der Waals surface area contributed by atoms with Crippen molar-refractivity contribution in [2.24, 2.45) is 10.9 Å². The first-order chi connectivity index (χ1) is 11.6. The van der Waals surface area contributed by atoms with Crippen LogP contribution in [0.1, 0.15) is 37.8 Å². The summed E-state index contributed by atoms with van der Waals surface area (Å²) in [5.74, 6) is 1.28. The van der Waals surface area contributed by atoms with Gasteiger partial charge < -0.3 is 0 Å². The zero-order chi connectivity index (χ0) is 16.8. The Hall–Kier alpha value is -2.45. The summed E-state index contributed by atoms with van der Waals surface area (Å²) in [6, 6.07) is 6.81. The second kappa shape index (κ2) is 5.57. The molecule has 0 unspecified atom stereocenters. The number of hydrogen-bond donors (Lipinski definition) is 0. The van der Waals surface area contributed by atoms with E-state index in [9.17, 15) is 9.65 Å². The standard InChI is InChI=1S/C19H19FN4/c1-12-9-18(17-10-16(20)6-5-15(17)11-21)22-19-7-8-23(24(12)19)13(2)14-3-4-14/h5-7,9-10,13-14H,3-4,8H2,1-2H3/t13-/m0/s1. The van der Waals surface area contributed by atoms with Crippen LogP contribution in [0.5, 0.6) is 0 Å². The second-order valence-electron chi connectivity index (χ2n) is 6.66. The highest BCUT2D eigenvalue weighted by Crippen LogP contribution is 2.39. The van der Waals surface area contributed by atoms with E-state index < -0.39 is 0 Å². The van der Waals surface area contributed by atoms with Crippen LogP contribution in [0.3, 0.4) is 0 Å². The van der Waals surface area contributed by atoms with Crippen LogP contribution < -0.4 is 0 Å². The van der Waals surface area contributed by atoms with Gasteiger partial charge in [0.15, 0.2) is 0 Å². The first-order valence-corrected chi connectivity index (χ1v) is 8.32. The molecule has 122 valence electrons. The Kier molecular flexibility index (Phi) is 3.50. The van der Waals surface area contributed by atoms with E-state index in [1.54, 1.807) is 0 Å². The van der Waals surface area contributed by atoms with Crippen molar-refractivity contribution in [1.29, 1.82) is 5.26 Å². The van der Waals surface area contributed by atoms with E-state index in [0.717, 1.165) is 24.0 Å². The molecule has 4 nitrogen and oxygen atoms in total. The third-order valence-electron chi connectivity index (χ3n) is 5.00. The van der Waals surface area contributed by atoms with Gasteiger partial charge in [-0.2, -0.15) is 5.26 Å². The van der Waals surface area contributed by atoms with Crippen molar-refractivity contribution < 1.29 is 4.39 Å². The maximum absolute atomic E-state index is 13.6. The monoisotopic (exact) mass is 322 g/mol. The van der Waals surface area contributed by atoms with Crippen LogP contribution in [-0.4, -0.2) is 28.3 Å². The number of benzene rings is 1. The van der Waals surface area contributed by atoms with Crippen molar-refractivity contribution in [1.82, 2.24) is 10.0 Å². The average Bonchev–Trinajstić information content (AvgIpc) is 3.33. The second-order valence-corrected chi connectivity index (χ2v) is 6.66. The Balaban J connectivity index is 1.69. The third kappa shape index (κ3) is 2.44. The first kappa shape index (κ1) is 15.1. The fourth-order valence-electron chi connectivity index (χ4n) is 3.50. The van der Waals surface area contributed by atoms with E-state index in [4.69, 9.17) is 4.99 Å². The van der Waals surface area contributed by atoms with Gasteiger partial charge >= 0.3 is 0 Å². The molecule has 0 bridgehead atoms. The molecule has 24 heavy (non-hydrogen) atoms. The number of rotatable bonds is 3. The molecule has 2 aliphatic heterocycles. The Labute approximate surface area is 141 Å². The number of aliphatic imine (C=N–C) groups is 1. The predicted octanol–water partition coefficient (Wildman–Crippen LogP) is 3.58. The first-order valence-electron chi connectivity index (χ1n) is 8.32. The van der Waals surface area contributed by atoms with Gasteiger partial charge in [-0.05, 0) is 63.0 Å². The van der Waals surface area contributed by atoms with Crippen molar-refractivity contribution >= 4 is 5.71 Å².